The highest BCUT2D eigenvalue weighted by molar-refractivity contribution is 6.45. The van der Waals surface area contributed by atoms with E-state index in [0.29, 0.717) is 22.8 Å². The van der Waals surface area contributed by atoms with Crippen molar-refractivity contribution >= 4 is 23.1 Å². The van der Waals surface area contributed by atoms with Crippen LogP contribution in [0, 0.1) is 11.6 Å². The predicted octanol–water partition coefficient (Wildman–Crippen LogP) is 4.39. The lowest BCUT2D eigenvalue weighted by atomic mass is 10.0. The number of rotatable bonds is 6. The van der Waals surface area contributed by atoms with Gasteiger partial charge in [0.05, 0.1) is 18.4 Å². The molecule has 0 spiro atoms. The lowest BCUT2D eigenvalue weighted by Crippen LogP contribution is -2.34. The number of methoxy groups -OCH3 is 1. The maximum Gasteiger partial charge on any atom is 0.282 e. The minimum atomic E-state index is -0.867. The van der Waals surface area contributed by atoms with E-state index in [4.69, 9.17) is 4.74 Å². The van der Waals surface area contributed by atoms with Crippen LogP contribution in [0.25, 0.3) is 5.57 Å². The summed E-state index contributed by atoms with van der Waals surface area (Å²) < 4.78 is 33.5. The summed E-state index contributed by atoms with van der Waals surface area (Å²) in [7, 11) is 3.20. The molecular weight excluding hydrogens is 414 g/mol. The predicted molar refractivity (Wildman–Crippen MR) is 117 cm³/mol. The largest absolute Gasteiger partial charge is 0.497 e. The molecule has 0 N–H and O–H groups in total. The Labute approximate surface area is 184 Å². The normalized spacial score (nSPS) is 13.7. The summed E-state index contributed by atoms with van der Waals surface area (Å²) in [4.78, 5) is 29.1. The van der Waals surface area contributed by atoms with E-state index in [2.05, 4.69) is 0 Å². The van der Waals surface area contributed by atoms with Crippen LogP contribution in [0.15, 0.2) is 78.5 Å². The summed E-state index contributed by atoms with van der Waals surface area (Å²) in [5, 5.41) is 0. The Kier molecular flexibility index (Phi) is 5.73. The summed E-state index contributed by atoms with van der Waals surface area (Å²) in [6.45, 7) is 0.342. The molecule has 32 heavy (non-hydrogen) atoms. The van der Waals surface area contributed by atoms with Crippen LogP contribution in [0.2, 0.25) is 0 Å². The van der Waals surface area contributed by atoms with Gasteiger partial charge in [0.25, 0.3) is 11.8 Å². The number of hydrogen-bond donors (Lipinski definition) is 0. The van der Waals surface area contributed by atoms with E-state index in [0.717, 1.165) is 23.8 Å². The minimum absolute atomic E-state index is 0.104. The number of nitrogens with zero attached hydrogens (tertiary/aromatic N) is 2. The number of ether oxygens (including phenoxy) is 1. The number of hydrogen-bond acceptors (Lipinski definition) is 4. The Morgan fingerprint density at radius 2 is 1.59 bits per heavy atom. The summed E-state index contributed by atoms with van der Waals surface area (Å²) in [6.07, 6.45) is 0. The number of amides is 2. The highest BCUT2D eigenvalue weighted by Gasteiger charge is 2.42. The number of carbonyl (C=O) groups is 2. The molecule has 0 aromatic heterocycles. The number of anilines is 1. The van der Waals surface area contributed by atoms with Crippen molar-refractivity contribution in [1.82, 2.24) is 4.90 Å². The van der Waals surface area contributed by atoms with Gasteiger partial charge in [0, 0.05) is 19.7 Å². The van der Waals surface area contributed by atoms with E-state index >= 15 is 0 Å². The van der Waals surface area contributed by atoms with Crippen LogP contribution in [0.3, 0.4) is 0 Å². The first-order valence-electron chi connectivity index (χ1n) is 9.88. The second kappa shape index (κ2) is 8.63. The fourth-order valence-corrected chi connectivity index (χ4v) is 3.70. The van der Waals surface area contributed by atoms with Crippen molar-refractivity contribution in [2.24, 2.45) is 0 Å². The van der Waals surface area contributed by atoms with Crippen LogP contribution in [0.1, 0.15) is 11.1 Å². The first-order chi connectivity index (χ1) is 15.4. The van der Waals surface area contributed by atoms with Crippen LogP contribution < -0.4 is 9.64 Å². The highest BCUT2D eigenvalue weighted by Crippen LogP contribution is 2.36. The maximum atomic E-state index is 14.5. The topological polar surface area (TPSA) is 49.9 Å². The number of halogens is 2. The zero-order chi connectivity index (χ0) is 22.8. The van der Waals surface area contributed by atoms with Gasteiger partial charge >= 0.3 is 0 Å². The van der Waals surface area contributed by atoms with E-state index < -0.39 is 29.1 Å². The van der Waals surface area contributed by atoms with Gasteiger partial charge in [-0.05, 0) is 35.4 Å². The van der Waals surface area contributed by atoms with Crippen molar-refractivity contribution < 1.29 is 23.1 Å². The third-order valence-corrected chi connectivity index (χ3v) is 5.23. The van der Waals surface area contributed by atoms with E-state index in [-0.39, 0.29) is 11.3 Å². The van der Waals surface area contributed by atoms with Crippen LogP contribution in [0.4, 0.5) is 14.5 Å². The van der Waals surface area contributed by atoms with Crippen molar-refractivity contribution in [2.75, 3.05) is 19.1 Å². The molecule has 0 fully saturated rings. The Morgan fingerprint density at radius 1 is 0.906 bits per heavy atom. The molecule has 1 aliphatic heterocycles. The molecule has 4 rings (SSSR count). The molecule has 162 valence electrons. The third kappa shape index (κ3) is 3.85. The molecule has 7 heteroatoms. The van der Waals surface area contributed by atoms with Gasteiger partial charge in [0.15, 0.2) is 0 Å². The van der Waals surface area contributed by atoms with Crippen LogP contribution in [-0.2, 0) is 16.1 Å². The molecule has 1 heterocycles. The molecule has 0 atom stereocenters. The summed E-state index contributed by atoms with van der Waals surface area (Å²) in [5.74, 6) is -2.48. The maximum absolute atomic E-state index is 14.5. The zero-order valence-corrected chi connectivity index (χ0v) is 17.5. The van der Waals surface area contributed by atoms with E-state index in [1.54, 1.807) is 36.2 Å². The first-order valence-corrected chi connectivity index (χ1v) is 9.88. The molecule has 5 nitrogen and oxygen atoms in total. The number of carbonyl (C=O) groups excluding carboxylic acids is 2. The SMILES string of the molecule is COc1ccc(C2=C(N(C)Cc3ccccc3)C(=O)N(c3cc(F)ccc3F)C2=O)cc1. The fraction of sp³-hybridized carbons (Fsp3) is 0.120. The Hall–Kier alpha value is -4.00. The van der Waals surface area contributed by atoms with E-state index in [9.17, 15) is 18.4 Å². The molecule has 0 radical (unpaired) electrons. The molecule has 0 unspecified atom stereocenters. The van der Waals surface area contributed by atoms with Gasteiger partial charge in [-0.25, -0.2) is 13.7 Å². The molecule has 1 aliphatic rings. The number of imide groups is 1. The van der Waals surface area contributed by atoms with Gasteiger partial charge in [-0.1, -0.05) is 42.5 Å². The van der Waals surface area contributed by atoms with Gasteiger partial charge in [-0.2, -0.15) is 0 Å². The number of likely N-dealkylation sites (N-methyl/N-ethyl adjacent to an activating group) is 1. The van der Waals surface area contributed by atoms with Crippen LogP contribution in [0.5, 0.6) is 5.75 Å². The molecule has 0 bridgehead atoms. The zero-order valence-electron chi connectivity index (χ0n) is 17.5. The van der Waals surface area contributed by atoms with Gasteiger partial charge < -0.3 is 9.64 Å². The summed E-state index contributed by atoms with van der Waals surface area (Å²) in [6, 6.07) is 18.7. The Balaban J connectivity index is 1.82. The average molecular weight is 434 g/mol. The van der Waals surface area contributed by atoms with Crippen molar-refractivity contribution in [3.8, 4) is 5.75 Å². The molecule has 0 aliphatic carbocycles. The molecular formula is C25H20F2N2O3. The molecule has 0 saturated heterocycles. The van der Waals surface area contributed by atoms with Crippen LogP contribution in [-0.4, -0.2) is 30.9 Å². The summed E-state index contributed by atoms with van der Waals surface area (Å²) >= 11 is 0. The standard InChI is InChI=1S/C25H20F2N2O3/c1-28(15-16-6-4-3-5-7-16)23-22(17-8-11-19(32-2)12-9-17)24(30)29(25(23)31)21-14-18(26)10-13-20(21)27/h3-14H,15H2,1-2H3. The van der Waals surface area contributed by atoms with Gasteiger partial charge in [0.1, 0.15) is 23.1 Å². The van der Waals surface area contributed by atoms with Gasteiger partial charge in [-0.3, -0.25) is 9.59 Å². The second-order valence-corrected chi connectivity index (χ2v) is 7.34. The third-order valence-electron chi connectivity index (χ3n) is 5.23. The average Bonchev–Trinajstić information content (AvgIpc) is 3.06. The van der Waals surface area contributed by atoms with Gasteiger partial charge in [-0.15, -0.1) is 0 Å². The molecule has 2 amide bonds. The quantitative estimate of drug-likeness (QED) is 0.540. The minimum Gasteiger partial charge on any atom is -0.497 e. The molecule has 3 aromatic carbocycles. The van der Waals surface area contributed by atoms with Crippen molar-refractivity contribution in [3.63, 3.8) is 0 Å². The van der Waals surface area contributed by atoms with Gasteiger partial charge in [0.2, 0.25) is 0 Å². The Morgan fingerprint density at radius 3 is 2.25 bits per heavy atom. The first kappa shape index (κ1) is 21.2. The van der Waals surface area contributed by atoms with Crippen molar-refractivity contribution in [2.45, 2.75) is 6.54 Å². The van der Waals surface area contributed by atoms with Crippen molar-refractivity contribution in [1.29, 1.82) is 0 Å². The Bertz CT molecular complexity index is 1210. The van der Waals surface area contributed by atoms with E-state index in [1.165, 1.54) is 7.11 Å². The van der Waals surface area contributed by atoms with E-state index in [1.807, 2.05) is 30.3 Å². The lowest BCUT2D eigenvalue weighted by molar-refractivity contribution is -0.120. The van der Waals surface area contributed by atoms with Crippen LogP contribution >= 0.6 is 0 Å². The highest BCUT2D eigenvalue weighted by atomic mass is 19.1. The smallest absolute Gasteiger partial charge is 0.282 e. The summed E-state index contributed by atoms with van der Waals surface area (Å²) in [5.41, 5.74) is 1.19. The number of benzene rings is 3. The van der Waals surface area contributed by atoms with Crippen molar-refractivity contribution in [3.05, 3.63) is 101 Å². The lowest BCUT2D eigenvalue weighted by Gasteiger charge is -2.22. The second-order valence-electron chi connectivity index (χ2n) is 7.34. The fourth-order valence-electron chi connectivity index (χ4n) is 3.70. The molecule has 0 saturated carbocycles. The molecule has 3 aromatic rings. The monoisotopic (exact) mass is 434 g/mol.